The Hall–Kier alpha value is -5.30. The Bertz CT molecular complexity index is 2260. The molecule has 33 heteroatoms. The van der Waals surface area contributed by atoms with Crippen LogP contribution >= 0.6 is 0 Å². The van der Waals surface area contributed by atoms with E-state index in [1.54, 1.807) is 0 Å². The average molecular weight is 1410 g/mol. The molecule has 0 radical (unpaired) electrons. The number of aryl methyl sites for hydroxylation is 1. The number of Topliss-reactive ketones (excluding diaryl/α,β-unsaturated/α-hetero) is 2. The van der Waals surface area contributed by atoms with Crippen molar-refractivity contribution in [1.82, 2.24) is 41.9 Å². The van der Waals surface area contributed by atoms with E-state index in [2.05, 4.69) is 41.9 Å². The lowest BCUT2D eigenvalue weighted by Crippen LogP contribution is -2.44. The normalized spacial score (nSPS) is 12.1. The third-order valence-corrected chi connectivity index (χ3v) is 15.9. The summed E-state index contributed by atoms with van der Waals surface area (Å²) >= 11 is 0. The summed E-state index contributed by atoms with van der Waals surface area (Å²) in [7, 11) is -3.68. The Kier molecular flexibility index (Phi) is 60.4. The molecule has 0 aliphatic carbocycles. The second-order valence-electron chi connectivity index (χ2n) is 22.8. The van der Waals surface area contributed by atoms with Crippen molar-refractivity contribution in [1.29, 1.82) is 0 Å². The molecule has 0 spiro atoms. The summed E-state index contributed by atoms with van der Waals surface area (Å²) in [5.74, 6) is -5.45. The zero-order valence-corrected chi connectivity index (χ0v) is 58.4. The summed E-state index contributed by atoms with van der Waals surface area (Å²) in [4.78, 5) is 96.8. The number of aromatic amines is 1. The smallest absolute Gasteiger partial charge is 0.326 e. The fourth-order valence-electron chi connectivity index (χ4n) is 8.94. The fourth-order valence-corrected chi connectivity index (χ4v) is 10.3. The largest absolute Gasteiger partial charge is 0.480 e. The lowest BCUT2D eigenvalue weighted by atomic mass is 10.0. The van der Waals surface area contributed by atoms with Crippen LogP contribution in [0, 0.1) is 0 Å². The number of aromatic nitrogens is 4. The summed E-state index contributed by atoms with van der Waals surface area (Å²) in [5.41, 5.74) is 0. The number of ketones is 2. The van der Waals surface area contributed by atoms with Gasteiger partial charge in [0.25, 0.3) is 0 Å². The molecule has 0 aromatic carbocycles. The van der Waals surface area contributed by atoms with Crippen LogP contribution in [0.25, 0.3) is 0 Å². The molecular weight excluding hydrogens is 1300 g/mol. The molecule has 2 atom stereocenters. The van der Waals surface area contributed by atoms with Crippen molar-refractivity contribution in [3.8, 4) is 0 Å². The standard InChI is InChI=1S/C64H116N8O24S/c1-54(73)25-28-85-30-32-87-34-36-89-38-40-91-42-44-93-46-48-95-50-51-96-49-47-94-45-43-92-41-39-90-37-35-88-33-31-86-29-27-66-60(76)23-21-56(63(79)80)68-62(78)24-22-57(64(81)82)67-61(77)19-15-26-65-59(75)20-16-52-97(83,84)53-55(74)17-13-11-9-7-5-3-2-4-6-8-10-12-14-18-58-69-71-72-70-58/h56-57H,2-53H2,1H3,(H,65,75)(H,66,76)(H,67,77)(H,68,78)(H,79,80)(H,81,82)(H,69,70,71,72). The van der Waals surface area contributed by atoms with E-state index in [1.165, 1.54) is 51.9 Å². The van der Waals surface area contributed by atoms with Gasteiger partial charge in [0.1, 0.15) is 35.2 Å². The fraction of sp³-hybridized carbons (Fsp3) is 0.859. The minimum Gasteiger partial charge on any atom is -0.480 e. The highest BCUT2D eigenvalue weighted by Gasteiger charge is 2.25. The molecule has 2 unspecified atom stereocenters. The van der Waals surface area contributed by atoms with E-state index in [0.29, 0.717) is 158 Å². The summed E-state index contributed by atoms with van der Waals surface area (Å²) in [5, 5.41) is 42.9. The number of amides is 4. The lowest BCUT2D eigenvalue weighted by Gasteiger charge is -2.17. The Morgan fingerprint density at radius 2 is 0.732 bits per heavy atom. The van der Waals surface area contributed by atoms with Gasteiger partial charge in [-0.05, 0) is 55.9 Å². The van der Waals surface area contributed by atoms with Crippen LogP contribution in [0.1, 0.15) is 160 Å². The third-order valence-electron chi connectivity index (χ3n) is 14.2. The number of carbonyl (C=O) groups is 8. The monoisotopic (exact) mass is 1410 g/mol. The minimum atomic E-state index is -3.68. The van der Waals surface area contributed by atoms with E-state index in [-0.39, 0.29) is 95.0 Å². The van der Waals surface area contributed by atoms with Crippen molar-refractivity contribution in [2.24, 2.45) is 0 Å². The molecule has 0 saturated heterocycles. The Morgan fingerprint density at radius 1 is 0.392 bits per heavy atom. The van der Waals surface area contributed by atoms with E-state index >= 15 is 0 Å². The molecule has 1 aromatic rings. The number of rotatable bonds is 75. The van der Waals surface area contributed by atoms with Gasteiger partial charge in [-0.25, -0.2) is 23.1 Å². The maximum atomic E-state index is 12.6. The molecule has 562 valence electrons. The van der Waals surface area contributed by atoms with Gasteiger partial charge in [0.05, 0.1) is 164 Å². The Labute approximate surface area is 572 Å². The Balaban J connectivity index is 1.94. The molecule has 0 saturated carbocycles. The second-order valence-corrected chi connectivity index (χ2v) is 25.0. The molecule has 1 rings (SSSR count). The van der Waals surface area contributed by atoms with Crippen LogP contribution in [0.4, 0.5) is 0 Å². The number of aliphatic carboxylic acids is 2. The zero-order chi connectivity index (χ0) is 70.8. The quantitative estimate of drug-likeness (QED) is 0.0461. The third kappa shape index (κ3) is 62.7. The summed E-state index contributed by atoms with van der Waals surface area (Å²) < 4.78 is 90.5. The van der Waals surface area contributed by atoms with Gasteiger partial charge in [-0.1, -0.05) is 70.6 Å². The van der Waals surface area contributed by atoms with E-state index < -0.39 is 69.7 Å². The molecule has 0 aliphatic rings. The van der Waals surface area contributed by atoms with Gasteiger partial charge in [0, 0.05) is 58.0 Å². The first-order chi connectivity index (χ1) is 47.1. The molecule has 0 bridgehead atoms. The maximum absolute atomic E-state index is 12.6. The number of carbonyl (C=O) groups excluding carboxylic acids is 6. The first-order valence-electron chi connectivity index (χ1n) is 34.5. The molecule has 1 heterocycles. The number of nitrogens with zero attached hydrogens (tertiary/aromatic N) is 3. The molecule has 7 N–H and O–H groups in total. The van der Waals surface area contributed by atoms with Crippen molar-refractivity contribution < 1.29 is 114 Å². The van der Waals surface area contributed by atoms with Crippen molar-refractivity contribution in [2.75, 3.05) is 183 Å². The summed E-state index contributed by atoms with van der Waals surface area (Å²) in [6.45, 7) is 11.5. The number of unbranched alkanes of at least 4 members (excludes halogenated alkanes) is 12. The van der Waals surface area contributed by atoms with Crippen molar-refractivity contribution in [3.63, 3.8) is 0 Å². The van der Waals surface area contributed by atoms with Crippen LogP contribution in [0.15, 0.2) is 0 Å². The van der Waals surface area contributed by atoms with Crippen LogP contribution in [0.3, 0.4) is 0 Å². The number of tetrazole rings is 1. The highest BCUT2D eigenvalue weighted by atomic mass is 32.2. The van der Waals surface area contributed by atoms with Crippen molar-refractivity contribution >= 4 is 57.0 Å². The highest BCUT2D eigenvalue weighted by Crippen LogP contribution is 2.14. The van der Waals surface area contributed by atoms with Crippen molar-refractivity contribution in [3.05, 3.63) is 5.82 Å². The predicted octanol–water partition coefficient (Wildman–Crippen LogP) is 2.86. The lowest BCUT2D eigenvalue weighted by molar-refractivity contribution is -0.143. The van der Waals surface area contributed by atoms with Crippen LogP contribution in [0.5, 0.6) is 0 Å². The Morgan fingerprint density at radius 3 is 1.12 bits per heavy atom. The van der Waals surface area contributed by atoms with E-state index in [1.807, 2.05) is 0 Å². The van der Waals surface area contributed by atoms with Gasteiger partial charge in [0.15, 0.2) is 9.84 Å². The minimum absolute atomic E-state index is 0.0203. The number of carboxylic acids is 2. The van der Waals surface area contributed by atoms with E-state index in [0.717, 1.165) is 44.3 Å². The number of sulfone groups is 1. The number of hydrogen-bond donors (Lipinski definition) is 7. The van der Waals surface area contributed by atoms with Gasteiger partial charge in [0.2, 0.25) is 23.6 Å². The first-order valence-corrected chi connectivity index (χ1v) is 36.3. The van der Waals surface area contributed by atoms with E-state index in [4.69, 9.17) is 56.8 Å². The molecule has 97 heavy (non-hydrogen) atoms. The molecule has 4 amide bonds. The number of H-pyrrole nitrogens is 1. The van der Waals surface area contributed by atoms with Gasteiger partial charge >= 0.3 is 11.9 Å². The zero-order valence-electron chi connectivity index (χ0n) is 57.6. The van der Waals surface area contributed by atoms with Gasteiger partial charge in [-0.2, -0.15) is 0 Å². The van der Waals surface area contributed by atoms with Gasteiger partial charge in [-0.15, -0.1) is 5.10 Å². The van der Waals surface area contributed by atoms with Crippen LogP contribution in [-0.2, 0) is 111 Å². The maximum Gasteiger partial charge on any atom is 0.326 e. The number of ether oxygens (including phenoxy) is 12. The molecule has 32 nitrogen and oxygen atoms in total. The molecule has 1 aromatic heterocycles. The van der Waals surface area contributed by atoms with Crippen LogP contribution in [-0.4, -0.2) is 282 Å². The molecule has 0 aliphatic heterocycles. The highest BCUT2D eigenvalue weighted by molar-refractivity contribution is 7.92. The van der Waals surface area contributed by atoms with Gasteiger partial charge in [-0.3, -0.25) is 28.8 Å². The predicted molar refractivity (Wildman–Crippen MR) is 353 cm³/mol. The van der Waals surface area contributed by atoms with Crippen molar-refractivity contribution in [2.45, 2.75) is 173 Å². The van der Waals surface area contributed by atoms with Crippen LogP contribution < -0.4 is 21.3 Å². The average Bonchev–Trinajstić information content (AvgIpc) is 1.93. The number of nitrogens with one attached hydrogen (secondary N) is 5. The number of hydrogen-bond acceptors (Lipinski definition) is 25. The van der Waals surface area contributed by atoms with E-state index in [9.17, 15) is 57.0 Å². The van der Waals surface area contributed by atoms with Crippen LogP contribution in [0.2, 0.25) is 0 Å². The summed E-state index contributed by atoms with van der Waals surface area (Å²) in [6.07, 6.45) is 14.5. The first kappa shape index (κ1) is 89.7. The van der Waals surface area contributed by atoms with Gasteiger partial charge < -0.3 is 88.3 Å². The molecular formula is C64H116N8O24S. The SMILES string of the molecule is CC(=O)CCOCCOCCOCCOCCOCCOCCOCCOCCOCCOCCOCCOCCNC(=O)CCC(NC(=O)CCC(NC(=O)CCCNC(=O)CCCS(=O)(=O)CC(=O)CCCCCCCCCCCCCCCc1nnn[nH]1)C(=O)O)C(=O)O. The summed E-state index contributed by atoms with van der Waals surface area (Å²) in [6, 6.07) is -2.91. The topological polar surface area (TPSA) is 424 Å². The molecule has 0 fully saturated rings. The second kappa shape index (κ2) is 65.3. The number of carboxylic acid groups (broad SMARTS) is 2.